The summed E-state index contributed by atoms with van der Waals surface area (Å²) in [6, 6.07) is 5.45. The standard InChI is InChI=1S/C15H23N3O2/c1-3-18-6-7-20-13(10-18)9-17-12-4-5-14(11(2)19)15(16)8-12/h4-5,8,13,17H,3,6-7,9-10,16H2,1-2H3. The van der Waals surface area contributed by atoms with E-state index in [0.29, 0.717) is 11.3 Å². The third-order valence-electron chi connectivity index (χ3n) is 3.63. The van der Waals surface area contributed by atoms with Crippen molar-refractivity contribution in [3.63, 3.8) is 0 Å². The summed E-state index contributed by atoms with van der Waals surface area (Å²) < 4.78 is 5.73. The van der Waals surface area contributed by atoms with Crippen molar-refractivity contribution in [3.8, 4) is 0 Å². The number of nitrogen functional groups attached to an aromatic ring is 1. The van der Waals surface area contributed by atoms with Crippen molar-refractivity contribution in [2.24, 2.45) is 0 Å². The second-order valence-electron chi connectivity index (χ2n) is 5.13. The first-order valence-corrected chi connectivity index (χ1v) is 7.08. The molecule has 110 valence electrons. The molecule has 0 spiro atoms. The summed E-state index contributed by atoms with van der Waals surface area (Å²) in [5, 5.41) is 3.32. The number of nitrogens with one attached hydrogen (secondary N) is 1. The molecule has 5 nitrogen and oxygen atoms in total. The number of ether oxygens (including phenoxy) is 1. The summed E-state index contributed by atoms with van der Waals surface area (Å²) in [4.78, 5) is 13.7. The number of carbonyl (C=O) groups excluding carboxylic acids is 1. The van der Waals surface area contributed by atoms with Crippen LogP contribution in [0, 0.1) is 0 Å². The second-order valence-corrected chi connectivity index (χ2v) is 5.13. The van der Waals surface area contributed by atoms with Crippen molar-refractivity contribution < 1.29 is 9.53 Å². The fourth-order valence-corrected chi connectivity index (χ4v) is 2.42. The molecule has 0 bridgehead atoms. The number of nitrogens with two attached hydrogens (primary N) is 1. The normalized spacial score (nSPS) is 19.8. The van der Waals surface area contributed by atoms with E-state index in [-0.39, 0.29) is 11.9 Å². The van der Waals surface area contributed by atoms with Gasteiger partial charge in [0.15, 0.2) is 5.78 Å². The van der Waals surface area contributed by atoms with Crippen LogP contribution in [0.3, 0.4) is 0 Å². The van der Waals surface area contributed by atoms with Gasteiger partial charge in [0.2, 0.25) is 0 Å². The van der Waals surface area contributed by atoms with Crippen LogP contribution < -0.4 is 11.1 Å². The number of Topliss-reactive ketones (excluding diaryl/α,β-unsaturated/α-hetero) is 1. The van der Waals surface area contributed by atoms with Gasteiger partial charge in [0, 0.05) is 36.6 Å². The molecule has 1 atom stereocenters. The number of benzene rings is 1. The lowest BCUT2D eigenvalue weighted by atomic mass is 10.1. The largest absolute Gasteiger partial charge is 0.398 e. The molecule has 0 amide bonds. The summed E-state index contributed by atoms with van der Waals surface area (Å²) in [5.74, 6) is -0.0109. The molecule has 1 aliphatic heterocycles. The van der Waals surface area contributed by atoms with Gasteiger partial charge in [0.1, 0.15) is 0 Å². The van der Waals surface area contributed by atoms with Crippen LogP contribution in [0.1, 0.15) is 24.2 Å². The lowest BCUT2D eigenvalue weighted by Gasteiger charge is -2.32. The molecule has 1 heterocycles. The van der Waals surface area contributed by atoms with Gasteiger partial charge in [-0.15, -0.1) is 0 Å². The Morgan fingerprint density at radius 3 is 3.00 bits per heavy atom. The van der Waals surface area contributed by atoms with E-state index in [1.165, 1.54) is 6.92 Å². The second kappa shape index (κ2) is 6.72. The third kappa shape index (κ3) is 3.71. The number of morpholine rings is 1. The molecule has 0 aliphatic carbocycles. The number of rotatable bonds is 5. The van der Waals surface area contributed by atoms with Crippen LogP contribution >= 0.6 is 0 Å². The summed E-state index contributed by atoms with van der Waals surface area (Å²) >= 11 is 0. The van der Waals surface area contributed by atoms with Crippen LogP contribution in [0.15, 0.2) is 18.2 Å². The van der Waals surface area contributed by atoms with Crippen molar-refractivity contribution >= 4 is 17.2 Å². The van der Waals surface area contributed by atoms with Gasteiger partial charge in [0.25, 0.3) is 0 Å². The van der Waals surface area contributed by atoms with Crippen molar-refractivity contribution in [1.82, 2.24) is 4.90 Å². The van der Waals surface area contributed by atoms with Crippen molar-refractivity contribution in [2.45, 2.75) is 20.0 Å². The van der Waals surface area contributed by atoms with Gasteiger partial charge < -0.3 is 15.8 Å². The van der Waals surface area contributed by atoms with Gasteiger partial charge in [-0.1, -0.05) is 6.92 Å². The number of anilines is 2. The molecule has 0 saturated carbocycles. The fraction of sp³-hybridized carbons (Fsp3) is 0.533. The molecule has 1 saturated heterocycles. The number of ketones is 1. The topological polar surface area (TPSA) is 67.6 Å². The van der Waals surface area contributed by atoms with Gasteiger partial charge >= 0.3 is 0 Å². The van der Waals surface area contributed by atoms with Crippen molar-refractivity contribution in [2.75, 3.05) is 43.8 Å². The number of hydrogen-bond acceptors (Lipinski definition) is 5. The first-order chi connectivity index (χ1) is 9.60. The van der Waals surface area contributed by atoms with Crippen molar-refractivity contribution in [3.05, 3.63) is 23.8 Å². The Hall–Kier alpha value is -1.59. The van der Waals surface area contributed by atoms with Gasteiger partial charge in [-0.05, 0) is 31.7 Å². The van der Waals surface area contributed by atoms with Crippen molar-refractivity contribution in [1.29, 1.82) is 0 Å². The van der Waals surface area contributed by atoms with Crippen LogP contribution in [0.5, 0.6) is 0 Å². The maximum absolute atomic E-state index is 11.3. The maximum Gasteiger partial charge on any atom is 0.161 e. The van der Waals surface area contributed by atoms with Crippen LogP contribution in [0.25, 0.3) is 0 Å². The molecule has 0 aromatic heterocycles. The highest BCUT2D eigenvalue weighted by atomic mass is 16.5. The number of hydrogen-bond donors (Lipinski definition) is 2. The molecule has 1 aromatic rings. The summed E-state index contributed by atoms with van der Waals surface area (Å²) in [6.07, 6.45) is 0.192. The smallest absolute Gasteiger partial charge is 0.161 e. The Kier molecular flexibility index (Phi) is 4.98. The molecule has 0 radical (unpaired) electrons. The zero-order valence-electron chi connectivity index (χ0n) is 12.2. The monoisotopic (exact) mass is 277 g/mol. The van der Waals surface area contributed by atoms with Crippen LogP contribution in [-0.2, 0) is 4.74 Å². The Labute approximate surface area is 120 Å². The predicted molar refractivity (Wildman–Crippen MR) is 81.2 cm³/mol. The maximum atomic E-state index is 11.3. The van der Waals surface area contributed by atoms with Crippen LogP contribution in [0.2, 0.25) is 0 Å². The molecular formula is C15H23N3O2. The average Bonchev–Trinajstić information content (AvgIpc) is 2.45. The molecule has 20 heavy (non-hydrogen) atoms. The van der Waals surface area contributed by atoms with E-state index in [0.717, 1.165) is 38.5 Å². The summed E-state index contributed by atoms with van der Waals surface area (Å²) in [5.41, 5.74) is 7.88. The third-order valence-corrected chi connectivity index (χ3v) is 3.63. The van der Waals surface area contributed by atoms with Crippen LogP contribution in [-0.4, -0.2) is 49.6 Å². The molecule has 1 fully saturated rings. The average molecular weight is 277 g/mol. The van der Waals surface area contributed by atoms with E-state index in [9.17, 15) is 4.79 Å². The van der Waals surface area contributed by atoms with E-state index in [2.05, 4.69) is 17.1 Å². The zero-order valence-corrected chi connectivity index (χ0v) is 12.2. The molecule has 1 aromatic carbocycles. The molecule has 2 rings (SSSR count). The van der Waals surface area contributed by atoms with Gasteiger partial charge in [0.05, 0.1) is 12.7 Å². The minimum atomic E-state index is -0.0109. The predicted octanol–water partition coefficient (Wildman–Crippen LogP) is 1.60. The first kappa shape index (κ1) is 14.8. The highest BCUT2D eigenvalue weighted by Gasteiger charge is 2.18. The highest BCUT2D eigenvalue weighted by Crippen LogP contribution is 2.19. The molecule has 3 N–H and O–H groups in total. The van der Waals surface area contributed by atoms with E-state index in [4.69, 9.17) is 10.5 Å². The van der Waals surface area contributed by atoms with E-state index in [1.807, 2.05) is 6.07 Å². The number of likely N-dealkylation sites (N-methyl/N-ethyl adjacent to an activating group) is 1. The first-order valence-electron chi connectivity index (χ1n) is 7.08. The van der Waals surface area contributed by atoms with Gasteiger partial charge in [-0.2, -0.15) is 0 Å². The summed E-state index contributed by atoms with van der Waals surface area (Å²) in [6.45, 7) is 8.23. The highest BCUT2D eigenvalue weighted by molar-refractivity contribution is 5.99. The lowest BCUT2D eigenvalue weighted by Crippen LogP contribution is -2.45. The van der Waals surface area contributed by atoms with E-state index >= 15 is 0 Å². The molecule has 1 aliphatic rings. The Balaban J connectivity index is 1.91. The minimum absolute atomic E-state index is 0.0109. The Morgan fingerprint density at radius 2 is 2.35 bits per heavy atom. The quantitative estimate of drug-likeness (QED) is 0.632. The SMILES string of the molecule is CCN1CCOC(CNc2ccc(C(C)=O)c(N)c2)C1. The minimum Gasteiger partial charge on any atom is -0.398 e. The Bertz CT molecular complexity index is 476. The van der Waals surface area contributed by atoms with Crippen LogP contribution in [0.4, 0.5) is 11.4 Å². The fourth-order valence-electron chi connectivity index (χ4n) is 2.42. The molecule has 1 unspecified atom stereocenters. The Morgan fingerprint density at radius 1 is 1.55 bits per heavy atom. The summed E-state index contributed by atoms with van der Waals surface area (Å²) in [7, 11) is 0. The van der Waals surface area contributed by atoms with Gasteiger partial charge in [-0.25, -0.2) is 0 Å². The molecule has 5 heteroatoms. The van der Waals surface area contributed by atoms with E-state index in [1.54, 1.807) is 12.1 Å². The van der Waals surface area contributed by atoms with Gasteiger partial charge in [-0.3, -0.25) is 9.69 Å². The zero-order chi connectivity index (χ0) is 14.5. The number of nitrogens with zero attached hydrogens (tertiary/aromatic N) is 1. The van der Waals surface area contributed by atoms with E-state index < -0.39 is 0 Å². The number of carbonyl (C=O) groups is 1. The lowest BCUT2D eigenvalue weighted by molar-refractivity contribution is -0.0191. The molecular weight excluding hydrogens is 254 g/mol.